The summed E-state index contributed by atoms with van der Waals surface area (Å²) in [5, 5.41) is 9.46. The van der Waals surface area contributed by atoms with Crippen molar-refractivity contribution >= 4 is 27.6 Å². The molecule has 2 rings (SSSR count). The lowest BCUT2D eigenvalue weighted by Gasteiger charge is -2.16. The van der Waals surface area contributed by atoms with E-state index >= 15 is 0 Å². The van der Waals surface area contributed by atoms with Crippen LogP contribution in [0.5, 0.6) is 0 Å². The number of aliphatic carboxylic acids is 1. The van der Waals surface area contributed by atoms with Crippen LogP contribution in [0.1, 0.15) is 44.9 Å². The van der Waals surface area contributed by atoms with Crippen molar-refractivity contribution in [2.24, 2.45) is 5.92 Å². The summed E-state index contributed by atoms with van der Waals surface area (Å²) in [5.74, 6) is -0.456. The van der Waals surface area contributed by atoms with E-state index in [2.05, 4.69) is 9.71 Å². The lowest BCUT2D eigenvalue weighted by molar-refractivity contribution is -0.137. The Bertz CT molecular complexity index is 839. The number of unbranched alkanes of at least 4 members (excludes halogenated alkanes) is 1. The van der Waals surface area contributed by atoms with E-state index in [9.17, 15) is 13.2 Å². The number of imidazole rings is 1. The van der Waals surface area contributed by atoms with Gasteiger partial charge in [-0.1, -0.05) is 24.4 Å². The van der Waals surface area contributed by atoms with Crippen LogP contribution in [0.2, 0.25) is 5.02 Å². The third kappa shape index (κ3) is 8.97. The van der Waals surface area contributed by atoms with Gasteiger partial charge in [0, 0.05) is 36.9 Å². The predicted molar refractivity (Wildman–Crippen MR) is 112 cm³/mol. The van der Waals surface area contributed by atoms with Crippen LogP contribution in [0.3, 0.4) is 0 Å². The summed E-state index contributed by atoms with van der Waals surface area (Å²) in [6, 6.07) is 6.06. The van der Waals surface area contributed by atoms with Crippen molar-refractivity contribution in [3.63, 3.8) is 0 Å². The maximum absolute atomic E-state index is 12.2. The summed E-state index contributed by atoms with van der Waals surface area (Å²) in [7, 11) is -3.53. The van der Waals surface area contributed by atoms with Crippen LogP contribution < -0.4 is 4.72 Å². The van der Waals surface area contributed by atoms with Crippen molar-refractivity contribution < 1.29 is 18.3 Å². The Hall–Kier alpha value is -1.90. The Morgan fingerprint density at radius 1 is 1.14 bits per heavy atom. The van der Waals surface area contributed by atoms with Crippen LogP contribution in [0.25, 0.3) is 0 Å². The van der Waals surface area contributed by atoms with E-state index in [1.165, 1.54) is 12.1 Å². The van der Waals surface area contributed by atoms with Gasteiger partial charge in [0.15, 0.2) is 0 Å². The van der Waals surface area contributed by atoms with Crippen molar-refractivity contribution in [3.8, 4) is 0 Å². The van der Waals surface area contributed by atoms with E-state index in [4.69, 9.17) is 16.7 Å². The number of hydrogen-bond acceptors (Lipinski definition) is 4. The number of nitrogens with zero attached hydrogens (tertiary/aromatic N) is 2. The van der Waals surface area contributed by atoms with Gasteiger partial charge in [-0.05, 0) is 55.9 Å². The van der Waals surface area contributed by atoms with E-state index in [-0.39, 0.29) is 11.3 Å². The number of sulfonamides is 1. The second kappa shape index (κ2) is 11.9. The van der Waals surface area contributed by atoms with E-state index in [1.54, 1.807) is 24.7 Å². The Morgan fingerprint density at radius 2 is 1.86 bits per heavy atom. The fraction of sp³-hybridized carbons (Fsp3) is 0.500. The zero-order valence-electron chi connectivity index (χ0n) is 16.3. The van der Waals surface area contributed by atoms with E-state index in [1.807, 2.05) is 10.8 Å². The van der Waals surface area contributed by atoms with Gasteiger partial charge >= 0.3 is 5.97 Å². The van der Waals surface area contributed by atoms with Crippen molar-refractivity contribution in [1.29, 1.82) is 0 Å². The topological polar surface area (TPSA) is 101 Å². The minimum absolute atomic E-state index is 0.166. The molecule has 1 aromatic carbocycles. The maximum atomic E-state index is 12.2. The van der Waals surface area contributed by atoms with Crippen LogP contribution in [-0.2, 0) is 21.4 Å². The molecule has 0 spiro atoms. The number of rotatable bonds is 14. The predicted octanol–water partition coefficient (Wildman–Crippen LogP) is 3.95. The number of aromatic nitrogens is 2. The highest BCUT2D eigenvalue weighted by atomic mass is 35.5. The van der Waals surface area contributed by atoms with Gasteiger partial charge in [0.2, 0.25) is 10.0 Å². The summed E-state index contributed by atoms with van der Waals surface area (Å²) in [6.45, 7) is 1.22. The summed E-state index contributed by atoms with van der Waals surface area (Å²) in [6.07, 6.45) is 10.6. The number of halogens is 1. The molecule has 1 aromatic heterocycles. The average Bonchev–Trinajstić information content (AvgIpc) is 3.19. The van der Waals surface area contributed by atoms with Crippen LogP contribution in [0.4, 0.5) is 0 Å². The van der Waals surface area contributed by atoms with Crippen molar-refractivity contribution in [3.05, 3.63) is 48.0 Å². The summed E-state index contributed by atoms with van der Waals surface area (Å²) >= 11 is 5.79. The molecule has 2 aromatic rings. The molecule has 1 atom stereocenters. The minimum Gasteiger partial charge on any atom is -0.481 e. The normalized spacial score (nSPS) is 12.7. The Morgan fingerprint density at radius 3 is 2.52 bits per heavy atom. The Kier molecular flexibility index (Phi) is 9.63. The Balaban J connectivity index is 1.71. The van der Waals surface area contributed by atoms with Gasteiger partial charge in [0.25, 0.3) is 0 Å². The molecule has 9 heteroatoms. The first-order chi connectivity index (χ1) is 13.9. The minimum atomic E-state index is -3.53. The maximum Gasteiger partial charge on any atom is 0.303 e. The molecule has 2 N–H and O–H groups in total. The molecule has 0 radical (unpaired) electrons. The largest absolute Gasteiger partial charge is 0.481 e. The second-order valence-electron chi connectivity index (χ2n) is 7.09. The molecule has 0 bridgehead atoms. The molecule has 7 nitrogen and oxygen atoms in total. The number of nitrogens with one attached hydrogen (secondary N) is 1. The molecule has 0 saturated carbocycles. The van der Waals surface area contributed by atoms with Crippen LogP contribution in [0, 0.1) is 5.92 Å². The van der Waals surface area contributed by atoms with Gasteiger partial charge < -0.3 is 9.67 Å². The molecule has 1 unspecified atom stereocenters. The fourth-order valence-electron chi connectivity index (χ4n) is 3.20. The van der Waals surface area contributed by atoms with E-state index < -0.39 is 16.0 Å². The highest BCUT2D eigenvalue weighted by Gasteiger charge is 2.14. The lowest BCUT2D eigenvalue weighted by atomic mass is 9.92. The molecular formula is C20H28ClN3O4S. The van der Waals surface area contributed by atoms with Crippen LogP contribution in [0.15, 0.2) is 47.9 Å². The van der Waals surface area contributed by atoms with Crippen LogP contribution >= 0.6 is 11.6 Å². The van der Waals surface area contributed by atoms with Crippen molar-refractivity contribution in [1.82, 2.24) is 14.3 Å². The molecule has 160 valence electrons. The Labute approximate surface area is 177 Å². The van der Waals surface area contributed by atoms with E-state index in [0.717, 1.165) is 32.2 Å². The second-order valence-corrected chi connectivity index (χ2v) is 9.29. The van der Waals surface area contributed by atoms with Crippen LogP contribution in [-0.4, -0.2) is 35.6 Å². The highest BCUT2D eigenvalue weighted by molar-refractivity contribution is 7.89. The number of carboxylic acids is 1. The number of aryl methyl sites for hydroxylation is 1. The number of carbonyl (C=O) groups is 1. The zero-order chi connectivity index (χ0) is 21.1. The molecule has 1 heterocycles. The standard InChI is InChI=1S/C20H28ClN3O4S/c21-18-7-9-19(10-8-18)29(27,28)23-12-2-1-4-17(6-11-20(25)26)5-3-14-24-15-13-22-16-24/h7-10,13,15-17,23H,1-6,11-12,14H2,(H,25,26). The number of benzene rings is 1. The highest BCUT2D eigenvalue weighted by Crippen LogP contribution is 2.21. The average molecular weight is 442 g/mol. The molecule has 29 heavy (non-hydrogen) atoms. The lowest BCUT2D eigenvalue weighted by Crippen LogP contribution is -2.24. The fourth-order valence-corrected chi connectivity index (χ4v) is 4.40. The zero-order valence-corrected chi connectivity index (χ0v) is 17.9. The number of hydrogen-bond donors (Lipinski definition) is 2. The van der Waals surface area contributed by atoms with Gasteiger partial charge in [-0.3, -0.25) is 4.79 Å². The third-order valence-electron chi connectivity index (χ3n) is 4.81. The van der Waals surface area contributed by atoms with Gasteiger partial charge in [0.1, 0.15) is 0 Å². The van der Waals surface area contributed by atoms with Gasteiger partial charge in [0.05, 0.1) is 11.2 Å². The third-order valence-corrected chi connectivity index (χ3v) is 6.54. The molecule has 0 aliphatic heterocycles. The van der Waals surface area contributed by atoms with E-state index in [0.29, 0.717) is 30.3 Å². The summed E-state index contributed by atoms with van der Waals surface area (Å²) in [5.41, 5.74) is 0. The molecule has 0 aliphatic carbocycles. The summed E-state index contributed by atoms with van der Waals surface area (Å²) in [4.78, 5) is 15.1. The first kappa shape index (κ1) is 23.4. The molecular weight excluding hydrogens is 414 g/mol. The smallest absolute Gasteiger partial charge is 0.303 e. The monoisotopic (exact) mass is 441 g/mol. The van der Waals surface area contributed by atoms with Crippen molar-refractivity contribution in [2.45, 2.75) is 56.4 Å². The summed E-state index contributed by atoms with van der Waals surface area (Å²) < 4.78 is 29.1. The molecule has 0 saturated heterocycles. The van der Waals surface area contributed by atoms with Gasteiger partial charge in [-0.2, -0.15) is 0 Å². The molecule has 0 aliphatic rings. The quantitative estimate of drug-likeness (QED) is 0.432. The SMILES string of the molecule is O=C(O)CCC(CCCCNS(=O)(=O)c1ccc(Cl)cc1)CCCn1ccnc1. The van der Waals surface area contributed by atoms with Gasteiger partial charge in [-0.25, -0.2) is 18.1 Å². The van der Waals surface area contributed by atoms with Gasteiger partial charge in [-0.15, -0.1) is 0 Å². The number of carboxylic acid groups (broad SMARTS) is 1. The van der Waals surface area contributed by atoms with Crippen molar-refractivity contribution in [2.75, 3.05) is 6.54 Å². The molecule has 0 fully saturated rings. The first-order valence-electron chi connectivity index (χ1n) is 9.79. The molecule has 0 amide bonds. The first-order valence-corrected chi connectivity index (χ1v) is 11.7.